The lowest BCUT2D eigenvalue weighted by Crippen LogP contribution is -1.92. The monoisotopic (exact) mass is 134 g/mol. The molecule has 50 valence electrons. The highest BCUT2D eigenvalue weighted by Gasteiger charge is 1.97. The van der Waals surface area contributed by atoms with Gasteiger partial charge in [0.05, 0.1) is 0 Å². The Morgan fingerprint density at radius 1 is 1.62 bits per heavy atom. The predicted octanol–water partition coefficient (Wildman–Crippen LogP) is 2.77. The molecule has 1 atom stereocenters. The van der Waals surface area contributed by atoms with Gasteiger partial charge >= 0.3 is 0 Å². The first-order chi connectivity index (χ1) is 3.81. The SMILES string of the molecule is CCCCC(C)SO. The second kappa shape index (κ2) is 5.45. The third-order valence-corrected chi connectivity index (χ3v) is 1.74. The van der Waals surface area contributed by atoms with Crippen LogP contribution in [-0.4, -0.2) is 9.80 Å². The van der Waals surface area contributed by atoms with E-state index in [4.69, 9.17) is 4.55 Å². The van der Waals surface area contributed by atoms with Crippen molar-refractivity contribution in [2.75, 3.05) is 0 Å². The Hall–Kier alpha value is 0.310. The van der Waals surface area contributed by atoms with Crippen LogP contribution in [0.2, 0.25) is 0 Å². The summed E-state index contributed by atoms with van der Waals surface area (Å²) >= 11 is 0.965. The van der Waals surface area contributed by atoms with Crippen molar-refractivity contribution in [3.63, 3.8) is 0 Å². The van der Waals surface area contributed by atoms with Crippen molar-refractivity contribution in [3.05, 3.63) is 0 Å². The van der Waals surface area contributed by atoms with Crippen LogP contribution in [0.1, 0.15) is 33.1 Å². The highest BCUT2D eigenvalue weighted by atomic mass is 32.2. The minimum absolute atomic E-state index is 0.426. The van der Waals surface area contributed by atoms with E-state index in [1.54, 1.807) is 0 Å². The first-order valence-electron chi connectivity index (χ1n) is 3.11. The average Bonchev–Trinajstić information content (AvgIpc) is 1.83. The molecule has 0 aliphatic heterocycles. The summed E-state index contributed by atoms with van der Waals surface area (Å²) in [5, 5.41) is 0.426. The van der Waals surface area contributed by atoms with Gasteiger partial charge in [-0.05, 0) is 18.5 Å². The van der Waals surface area contributed by atoms with Gasteiger partial charge in [0.25, 0.3) is 0 Å². The Labute approximate surface area is 55.7 Å². The molecule has 0 aromatic carbocycles. The zero-order chi connectivity index (χ0) is 6.41. The molecule has 1 nitrogen and oxygen atoms in total. The predicted molar refractivity (Wildman–Crippen MR) is 39.2 cm³/mol. The van der Waals surface area contributed by atoms with Gasteiger partial charge < -0.3 is 4.55 Å². The Morgan fingerprint density at radius 3 is 2.62 bits per heavy atom. The van der Waals surface area contributed by atoms with Gasteiger partial charge in [0.1, 0.15) is 0 Å². The molecular weight excluding hydrogens is 120 g/mol. The van der Waals surface area contributed by atoms with Gasteiger partial charge in [-0.1, -0.05) is 26.7 Å². The van der Waals surface area contributed by atoms with E-state index in [0.717, 1.165) is 18.5 Å². The summed E-state index contributed by atoms with van der Waals surface area (Å²) in [5.41, 5.74) is 0. The molecule has 8 heavy (non-hydrogen) atoms. The van der Waals surface area contributed by atoms with Crippen molar-refractivity contribution >= 4 is 12.0 Å². The van der Waals surface area contributed by atoms with Crippen LogP contribution in [0.3, 0.4) is 0 Å². The molecule has 1 unspecified atom stereocenters. The fourth-order valence-corrected chi connectivity index (χ4v) is 0.816. The summed E-state index contributed by atoms with van der Waals surface area (Å²) in [4.78, 5) is 0. The van der Waals surface area contributed by atoms with Crippen LogP contribution in [0.5, 0.6) is 0 Å². The first-order valence-corrected chi connectivity index (χ1v) is 3.95. The van der Waals surface area contributed by atoms with Crippen LogP contribution in [0.15, 0.2) is 0 Å². The van der Waals surface area contributed by atoms with Gasteiger partial charge in [0.15, 0.2) is 0 Å². The second-order valence-electron chi connectivity index (χ2n) is 2.06. The Morgan fingerprint density at radius 2 is 2.25 bits per heavy atom. The molecule has 0 bridgehead atoms. The number of unbranched alkanes of at least 4 members (excludes halogenated alkanes) is 1. The van der Waals surface area contributed by atoms with Crippen molar-refractivity contribution in [3.8, 4) is 0 Å². The Bertz CT molecular complexity index is 47.8. The minimum atomic E-state index is 0.426. The van der Waals surface area contributed by atoms with E-state index in [9.17, 15) is 0 Å². The van der Waals surface area contributed by atoms with Crippen molar-refractivity contribution in [2.45, 2.75) is 38.4 Å². The highest BCUT2D eigenvalue weighted by Crippen LogP contribution is 2.11. The normalized spacial score (nSPS) is 13.9. The molecule has 0 spiro atoms. The fourth-order valence-electron chi connectivity index (χ4n) is 0.544. The van der Waals surface area contributed by atoms with Crippen molar-refractivity contribution in [2.24, 2.45) is 0 Å². The molecule has 0 fully saturated rings. The number of hydrogen-bond acceptors (Lipinski definition) is 2. The number of rotatable bonds is 4. The molecule has 0 aliphatic rings. The summed E-state index contributed by atoms with van der Waals surface area (Å²) in [6.45, 7) is 4.20. The smallest absolute Gasteiger partial charge is 0.0280 e. The van der Waals surface area contributed by atoms with E-state index in [1.807, 2.05) is 6.92 Å². The van der Waals surface area contributed by atoms with E-state index >= 15 is 0 Å². The molecule has 0 saturated heterocycles. The van der Waals surface area contributed by atoms with Crippen LogP contribution in [0, 0.1) is 0 Å². The van der Waals surface area contributed by atoms with Gasteiger partial charge in [-0.2, -0.15) is 0 Å². The second-order valence-corrected chi connectivity index (χ2v) is 3.07. The van der Waals surface area contributed by atoms with Gasteiger partial charge in [0, 0.05) is 5.25 Å². The third kappa shape index (κ3) is 4.47. The van der Waals surface area contributed by atoms with Crippen LogP contribution in [0.25, 0.3) is 0 Å². The molecule has 0 amide bonds. The maximum atomic E-state index is 8.48. The molecule has 2 heteroatoms. The van der Waals surface area contributed by atoms with E-state index in [0.29, 0.717) is 5.25 Å². The average molecular weight is 134 g/mol. The molecule has 1 N–H and O–H groups in total. The van der Waals surface area contributed by atoms with E-state index < -0.39 is 0 Å². The fraction of sp³-hybridized carbons (Fsp3) is 1.00. The van der Waals surface area contributed by atoms with Crippen LogP contribution in [-0.2, 0) is 0 Å². The Kier molecular flexibility index (Phi) is 5.66. The largest absolute Gasteiger partial charge is 0.330 e. The van der Waals surface area contributed by atoms with Gasteiger partial charge in [-0.3, -0.25) is 0 Å². The van der Waals surface area contributed by atoms with Gasteiger partial charge in [-0.25, -0.2) is 0 Å². The zero-order valence-corrected chi connectivity index (χ0v) is 6.37. The van der Waals surface area contributed by atoms with E-state index in [1.165, 1.54) is 12.8 Å². The molecule has 0 aromatic rings. The summed E-state index contributed by atoms with van der Waals surface area (Å²) in [6.07, 6.45) is 3.59. The summed E-state index contributed by atoms with van der Waals surface area (Å²) in [7, 11) is 0. The number of hydrogen-bond donors (Lipinski definition) is 1. The van der Waals surface area contributed by atoms with Crippen molar-refractivity contribution in [1.29, 1.82) is 0 Å². The van der Waals surface area contributed by atoms with Crippen LogP contribution < -0.4 is 0 Å². The van der Waals surface area contributed by atoms with Crippen LogP contribution >= 0.6 is 12.0 Å². The summed E-state index contributed by atoms with van der Waals surface area (Å²) < 4.78 is 8.48. The van der Waals surface area contributed by atoms with Gasteiger partial charge in [-0.15, -0.1) is 0 Å². The molecule has 0 aliphatic carbocycles. The quantitative estimate of drug-likeness (QED) is 0.596. The zero-order valence-electron chi connectivity index (χ0n) is 5.55. The Balaban J connectivity index is 2.86. The highest BCUT2D eigenvalue weighted by molar-refractivity contribution is 7.94. The molecule has 0 radical (unpaired) electrons. The van der Waals surface area contributed by atoms with Gasteiger partial charge in [0.2, 0.25) is 0 Å². The summed E-state index contributed by atoms with van der Waals surface area (Å²) in [5.74, 6) is 0. The third-order valence-electron chi connectivity index (χ3n) is 1.14. The molecule has 0 heterocycles. The standard InChI is InChI=1S/C6H14OS/c1-3-4-5-6(2)8-7/h6-7H,3-5H2,1-2H3. The molecule has 0 saturated carbocycles. The molecule has 0 aromatic heterocycles. The van der Waals surface area contributed by atoms with Crippen molar-refractivity contribution in [1.82, 2.24) is 0 Å². The lowest BCUT2D eigenvalue weighted by atomic mass is 10.2. The van der Waals surface area contributed by atoms with Crippen LogP contribution in [0.4, 0.5) is 0 Å². The minimum Gasteiger partial charge on any atom is -0.330 e. The molecular formula is C6H14OS. The lowest BCUT2D eigenvalue weighted by molar-refractivity contribution is 0.630. The molecule has 0 rings (SSSR count). The maximum absolute atomic E-state index is 8.48. The summed E-state index contributed by atoms with van der Waals surface area (Å²) in [6, 6.07) is 0. The van der Waals surface area contributed by atoms with E-state index in [2.05, 4.69) is 6.92 Å². The first kappa shape index (κ1) is 8.31. The maximum Gasteiger partial charge on any atom is 0.0280 e. The van der Waals surface area contributed by atoms with E-state index in [-0.39, 0.29) is 0 Å². The lowest BCUT2D eigenvalue weighted by Gasteiger charge is -2.02. The van der Waals surface area contributed by atoms with Crippen molar-refractivity contribution < 1.29 is 4.55 Å². The topological polar surface area (TPSA) is 20.2 Å².